The standard InChI is InChI=1S/C11H10N2O3S/c12-9-3-5-11(6-4-9)17(14,15)13-8-10-2-1-7-16-10/h1-8H,12H2. The summed E-state index contributed by atoms with van der Waals surface area (Å²) in [5, 5.41) is 0. The van der Waals surface area contributed by atoms with E-state index in [4.69, 9.17) is 10.2 Å². The van der Waals surface area contributed by atoms with Gasteiger partial charge in [0.25, 0.3) is 10.0 Å². The molecule has 0 aliphatic heterocycles. The van der Waals surface area contributed by atoms with E-state index in [9.17, 15) is 8.42 Å². The quantitative estimate of drug-likeness (QED) is 0.663. The Hall–Kier alpha value is -2.08. The second-order valence-electron chi connectivity index (χ2n) is 3.29. The Kier molecular flexibility index (Phi) is 2.97. The van der Waals surface area contributed by atoms with Gasteiger partial charge in [0, 0.05) is 5.69 Å². The molecule has 88 valence electrons. The van der Waals surface area contributed by atoms with Crippen molar-refractivity contribution in [2.45, 2.75) is 4.90 Å². The maximum Gasteiger partial charge on any atom is 0.282 e. The Morgan fingerprint density at radius 2 is 1.88 bits per heavy atom. The van der Waals surface area contributed by atoms with Crippen LogP contribution in [-0.2, 0) is 10.0 Å². The normalized spacial score (nSPS) is 12.0. The van der Waals surface area contributed by atoms with Gasteiger partial charge in [-0.25, -0.2) is 0 Å². The molecule has 1 aromatic heterocycles. The van der Waals surface area contributed by atoms with Gasteiger partial charge in [-0.1, -0.05) is 0 Å². The van der Waals surface area contributed by atoms with Gasteiger partial charge in [-0.15, -0.1) is 0 Å². The highest BCUT2D eigenvalue weighted by molar-refractivity contribution is 7.90. The van der Waals surface area contributed by atoms with Gasteiger partial charge in [-0.05, 0) is 36.4 Å². The van der Waals surface area contributed by atoms with Crippen LogP contribution in [-0.4, -0.2) is 14.6 Å². The average Bonchev–Trinajstić information content (AvgIpc) is 2.80. The zero-order valence-corrected chi connectivity index (χ0v) is 9.59. The zero-order valence-electron chi connectivity index (χ0n) is 8.78. The Morgan fingerprint density at radius 1 is 1.18 bits per heavy atom. The summed E-state index contributed by atoms with van der Waals surface area (Å²) in [4.78, 5) is 0.0921. The minimum atomic E-state index is -3.70. The molecule has 0 bridgehead atoms. The molecule has 0 fully saturated rings. The van der Waals surface area contributed by atoms with Crippen LogP contribution in [0.15, 0.2) is 56.4 Å². The molecule has 2 N–H and O–H groups in total. The number of benzene rings is 1. The summed E-state index contributed by atoms with van der Waals surface area (Å²) in [5.41, 5.74) is 5.97. The molecule has 17 heavy (non-hydrogen) atoms. The van der Waals surface area contributed by atoms with Crippen LogP contribution in [0.5, 0.6) is 0 Å². The van der Waals surface area contributed by atoms with Crippen molar-refractivity contribution in [1.82, 2.24) is 0 Å². The summed E-state index contributed by atoms with van der Waals surface area (Å²) in [6.07, 6.45) is 2.60. The van der Waals surface area contributed by atoms with Crippen LogP contribution in [0, 0.1) is 0 Å². The lowest BCUT2D eigenvalue weighted by Crippen LogP contribution is -1.97. The first-order valence-corrected chi connectivity index (χ1v) is 6.21. The predicted molar refractivity (Wildman–Crippen MR) is 64.3 cm³/mol. The largest absolute Gasteiger partial charge is 0.463 e. The van der Waals surface area contributed by atoms with E-state index in [2.05, 4.69) is 4.40 Å². The SMILES string of the molecule is Nc1ccc(S(=O)(=O)N=Cc2ccco2)cc1. The van der Waals surface area contributed by atoms with Gasteiger partial charge in [0.15, 0.2) is 0 Å². The van der Waals surface area contributed by atoms with E-state index in [-0.39, 0.29) is 4.90 Å². The summed E-state index contributed by atoms with van der Waals surface area (Å²) in [6.45, 7) is 0. The fourth-order valence-corrected chi connectivity index (χ4v) is 2.03. The lowest BCUT2D eigenvalue weighted by molar-refractivity contribution is 0.560. The highest BCUT2D eigenvalue weighted by Gasteiger charge is 2.11. The summed E-state index contributed by atoms with van der Waals surface area (Å²) in [5.74, 6) is 0.379. The van der Waals surface area contributed by atoms with E-state index in [1.165, 1.54) is 30.5 Å². The third-order valence-corrected chi connectivity index (χ3v) is 3.29. The first-order chi connectivity index (χ1) is 8.08. The van der Waals surface area contributed by atoms with Crippen molar-refractivity contribution in [1.29, 1.82) is 0 Å². The summed E-state index contributed by atoms with van der Waals surface area (Å²) >= 11 is 0. The third kappa shape index (κ3) is 2.73. The minimum Gasteiger partial charge on any atom is -0.463 e. The van der Waals surface area contributed by atoms with E-state index in [0.717, 1.165) is 6.21 Å². The molecule has 0 saturated carbocycles. The average molecular weight is 250 g/mol. The Balaban J connectivity index is 2.28. The Morgan fingerprint density at radius 3 is 2.47 bits per heavy atom. The van der Waals surface area contributed by atoms with Crippen molar-refractivity contribution in [3.05, 3.63) is 48.4 Å². The number of hydrogen-bond donors (Lipinski definition) is 1. The van der Waals surface area contributed by atoms with Gasteiger partial charge in [-0.3, -0.25) is 0 Å². The van der Waals surface area contributed by atoms with Crippen molar-refractivity contribution >= 4 is 21.9 Å². The molecule has 0 spiro atoms. The van der Waals surface area contributed by atoms with Gasteiger partial charge in [0.2, 0.25) is 0 Å². The molecule has 0 atom stereocenters. The number of furan rings is 1. The van der Waals surface area contributed by atoms with Crippen LogP contribution in [0.4, 0.5) is 5.69 Å². The molecule has 6 heteroatoms. The predicted octanol–water partition coefficient (Wildman–Crippen LogP) is 1.67. The highest BCUT2D eigenvalue weighted by Crippen LogP contribution is 2.14. The topological polar surface area (TPSA) is 85.7 Å². The van der Waals surface area contributed by atoms with Crippen molar-refractivity contribution in [2.24, 2.45) is 4.40 Å². The number of anilines is 1. The molecule has 0 aliphatic rings. The van der Waals surface area contributed by atoms with E-state index in [1.54, 1.807) is 12.1 Å². The molecule has 1 heterocycles. The lowest BCUT2D eigenvalue weighted by Gasteiger charge is -1.98. The molecule has 0 radical (unpaired) electrons. The first kappa shape index (κ1) is 11.4. The van der Waals surface area contributed by atoms with Crippen LogP contribution < -0.4 is 5.73 Å². The molecule has 0 unspecified atom stereocenters. The Labute approximate surface area is 98.6 Å². The van der Waals surface area contributed by atoms with Crippen LogP contribution >= 0.6 is 0 Å². The number of sulfonamides is 1. The molecule has 2 aromatic rings. The first-order valence-electron chi connectivity index (χ1n) is 4.77. The van der Waals surface area contributed by atoms with Gasteiger partial charge in [0.05, 0.1) is 17.4 Å². The van der Waals surface area contributed by atoms with E-state index >= 15 is 0 Å². The van der Waals surface area contributed by atoms with E-state index in [1.807, 2.05) is 0 Å². The molecular formula is C11H10N2O3S. The fraction of sp³-hybridized carbons (Fsp3) is 0. The van der Waals surface area contributed by atoms with E-state index in [0.29, 0.717) is 11.4 Å². The fourth-order valence-electron chi connectivity index (χ4n) is 1.19. The number of nitrogen functional groups attached to an aromatic ring is 1. The molecule has 0 aliphatic carbocycles. The van der Waals surface area contributed by atoms with Crippen LogP contribution in [0.25, 0.3) is 0 Å². The summed E-state index contributed by atoms with van der Waals surface area (Å²) in [7, 11) is -3.70. The van der Waals surface area contributed by atoms with Crippen molar-refractivity contribution < 1.29 is 12.8 Å². The number of nitrogens with zero attached hydrogens (tertiary/aromatic N) is 1. The molecular weight excluding hydrogens is 240 g/mol. The van der Waals surface area contributed by atoms with Gasteiger partial charge in [0.1, 0.15) is 5.76 Å². The minimum absolute atomic E-state index is 0.0921. The smallest absolute Gasteiger partial charge is 0.282 e. The Bertz CT molecular complexity index is 613. The van der Waals surface area contributed by atoms with Crippen LogP contribution in [0.3, 0.4) is 0 Å². The van der Waals surface area contributed by atoms with Crippen molar-refractivity contribution in [2.75, 3.05) is 5.73 Å². The monoisotopic (exact) mass is 250 g/mol. The van der Waals surface area contributed by atoms with Crippen molar-refractivity contribution in [3.63, 3.8) is 0 Å². The lowest BCUT2D eigenvalue weighted by atomic mass is 10.3. The van der Waals surface area contributed by atoms with Crippen LogP contribution in [0.2, 0.25) is 0 Å². The molecule has 2 rings (SSSR count). The second kappa shape index (κ2) is 4.42. The maximum absolute atomic E-state index is 11.8. The van der Waals surface area contributed by atoms with Crippen molar-refractivity contribution in [3.8, 4) is 0 Å². The number of hydrogen-bond acceptors (Lipinski definition) is 4. The number of nitrogens with two attached hydrogens (primary N) is 1. The molecule has 0 saturated heterocycles. The number of rotatable bonds is 3. The molecule has 0 amide bonds. The van der Waals surface area contributed by atoms with Gasteiger partial charge in [-0.2, -0.15) is 12.8 Å². The second-order valence-corrected chi connectivity index (χ2v) is 4.93. The molecule has 5 nitrogen and oxygen atoms in total. The summed E-state index contributed by atoms with van der Waals surface area (Å²) in [6, 6.07) is 9.10. The summed E-state index contributed by atoms with van der Waals surface area (Å²) < 4.78 is 32.0. The van der Waals surface area contributed by atoms with Gasteiger partial charge < -0.3 is 10.2 Å². The zero-order chi connectivity index (χ0) is 12.3. The third-order valence-electron chi connectivity index (χ3n) is 2.04. The highest BCUT2D eigenvalue weighted by atomic mass is 32.2. The van der Waals surface area contributed by atoms with Crippen LogP contribution in [0.1, 0.15) is 5.76 Å². The van der Waals surface area contributed by atoms with E-state index < -0.39 is 10.0 Å². The molecule has 1 aromatic carbocycles. The van der Waals surface area contributed by atoms with Gasteiger partial charge >= 0.3 is 0 Å². The maximum atomic E-state index is 11.8.